The van der Waals surface area contributed by atoms with Gasteiger partial charge in [0.25, 0.3) is 10.0 Å². The van der Waals surface area contributed by atoms with Crippen LogP contribution in [0.5, 0.6) is 5.75 Å². The third-order valence-corrected chi connectivity index (χ3v) is 6.80. The molecule has 1 saturated heterocycles. The van der Waals surface area contributed by atoms with Gasteiger partial charge in [0.05, 0.1) is 22.9 Å². The lowest BCUT2D eigenvalue weighted by atomic mass is 10.1. The van der Waals surface area contributed by atoms with Crippen LogP contribution < -0.4 is 4.74 Å². The summed E-state index contributed by atoms with van der Waals surface area (Å²) in [6.07, 6.45) is 9.20. The number of hydrogen-bond donors (Lipinski definition) is 0. The van der Waals surface area contributed by atoms with Gasteiger partial charge in [0, 0.05) is 6.54 Å². The third kappa shape index (κ3) is 5.84. The number of hydrogen-bond acceptors (Lipinski definition) is 5. The lowest BCUT2D eigenvalue weighted by molar-refractivity contribution is 0.184. The van der Waals surface area contributed by atoms with Gasteiger partial charge < -0.3 is 4.74 Å². The van der Waals surface area contributed by atoms with Crippen molar-refractivity contribution >= 4 is 33.3 Å². The third-order valence-electron chi connectivity index (χ3n) is 5.17. The number of benzene rings is 1. The first-order valence-corrected chi connectivity index (χ1v) is 11.8. The van der Waals surface area contributed by atoms with Gasteiger partial charge in [0.15, 0.2) is 0 Å². The zero-order chi connectivity index (χ0) is 19.1. The fourth-order valence-corrected chi connectivity index (χ4v) is 5.01. The maximum Gasteiger partial charge on any atom is 0.254 e. The van der Waals surface area contributed by atoms with Crippen LogP contribution in [-0.2, 0) is 10.0 Å². The molecule has 3 rings (SSSR count). The molecule has 2 heterocycles. The molecule has 28 heavy (non-hydrogen) atoms. The minimum absolute atomic E-state index is 0. The highest BCUT2D eigenvalue weighted by Crippen LogP contribution is 2.26. The van der Waals surface area contributed by atoms with Gasteiger partial charge in [-0.25, -0.2) is 8.42 Å². The Kier molecular flexibility index (Phi) is 9.05. The van der Waals surface area contributed by atoms with E-state index in [-0.39, 0.29) is 18.2 Å². The van der Waals surface area contributed by atoms with Crippen LogP contribution in [0.15, 0.2) is 24.4 Å². The molecule has 1 aromatic carbocycles. The van der Waals surface area contributed by atoms with Crippen molar-refractivity contribution in [3.63, 3.8) is 0 Å². The Balaban J connectivity index is 0.00000280. The Bertz CT molecular complexity index is 832. The van der Waals surface area contributed by atoms with Gasteiger partial charge in [0.1, 0.15) is 12.4 Å². The molecule has 1 aliphatic heterocycles. The molecule has 2 aromatic rings. The summed E-state index contributed by atoms with van der Waals surface area (Å²) in [5, 5.41) is 4.92. The Morgan fingerprint density at radius 2 is 1.89 bits per heavy atom. The van der Waals surface area contributed by atoms with Crippen molar-refractivity contribution in [2.24, 2.45) is 0 Å². The second-order valence-electron chi connectivity index (χ2n) is 7.30. The number of nitrogens with zero attached hydrogens (tertiary/aromatic N) is 3. The second-order valence-corrected chi connectivity index (χ2v) is 9.22. The van der Waals surface area contributed by atoms with Crippen LogP contribution in [0, 0.1) is 0 Å². The van der Waals surface area contributed by atoms with Gasteiger partial charge >= 0.3 is 0 Å². The van der Waals surface area contributed by atoms with E-state index < -0.39 is 10.0 Å². The van der Waals surface area contributed by atoms with E-state index >= 15 is 0 Å². The highest BCUT2D eigenvalue weighted by atomic mass is 35.5. The van der Waals surface area contributed by atoms with E-state index in [1.165, 1.54) is 23.3 Å². The van der Waals surface area contributed by atoms with Crippen molar-refractivity contribution in [1.29, 1.82) is 0 Å². The van der Waals surface area contributed by atoms with Crippen LogP contribution in [0.25, 0.3) is 10.9 Å². The maximum atomic E-state index is 12.7. The highest BCUT2D eigenvalue weighted by molar-refractivity contribution is 7.89. The number of aromatic nitrogens is 2. The van der Waals surface area contributed by atoms with Gasteiger partial charge in [-0.2, -0.15) is 9.19 Å². The molecule has 6 nitrogen and oxygen atoms in total. The molecule has 1 aromatic heterocycles. The smallest absolute Gasteiger partial charge is 0.254 e. The Hall–Kier alpha value is -1.31. The number of rotatable bonds is 10. The average Bonchev–Trinajstić information content (AvgIpc) is 3.12. The SMILES string of the molecule is CCCCCCS(=O)(=O)n1ncc2c(OCCN3CCCCC3)cccc21.Cl. The first-order chi connectivity index (χ1) is 13.1. The van der Waals surface area contributed by atoms with Gasteiger partial charge in [0.2, 0.25) is 0 Å². The number of fused-ring (bicyclic) bond motifs is 1. The van der Waals surface area contributed by atoms with Crippen LogP contribution >= 0.6 is 12.4 Å². The highest BCUT2D eigenvalue weighted by Gasteiger charge is 2.19. The summed E-state index contributed by atoms with van der Waals surface area (Å²) in [5.74, 6) is 0.834. The first kappa shape index (κ1) is 23.0. The standard InChI is InChI=1S/C20H31N3O3S.ClH/c1-2-3-4-8-16-27(24,25)23-19-10-9-11-20(18(19)17-21-23)26-15-14-22-12-6-5-7-13-22;/h9-11,17H,2-8,12-16H2,1H3;1H. The molecule has 0 spiro atoms. The molecular formula is C20H32ClN3O3S. The molecule has 1 fully saturated rings. The van der Waals surface area contributed by atoms with E-state index in [9.17, 15) is 8.42 Å². The summed E-state index contributed by atoms with van der Waals surface area (Å²) in [5.41, 5.74) is 0.598. The minimum atomic E-state index is -3.44. The normalized spacial score (nSPS) is 15.5. The number of ether oxygens (including phenoxy) is 1. The fourth-order valence-electron chi connectivity index (χ4n) is 3.61. The largest absolute Gasteiger partial charge is 0.491 e. The predicted octanol–water partition coefficient (Wildman–Crippen LogP) is 4.08. The maximum absolute atomic E-state index is 12.7. The summed E-state index contributed by atoms with van der Waals surface area (Å²) in [6, 6.07) is 5.52. The lowest BCUT2D eigenvalue weighted by Gasteiger charge is -2.26. The fraction of sp³-hybridized carbons (Fsp3) is 0.650. The molecule has 1 aliphatic rings. The van der Waals surface area contributed by atoms with Crippen LogP contribution in [0.2, 0.25) is 0 Å². The molecule has 0 N–H and O–H groups in total. The quantitative estimate of drug-likeness (QED) is 0.532. The molecule has 0 bridgehead atoms. The molecule has 0 radical (unpaired) electrons. The molecule has 158 valence electrons. The molecule has 0 aliphatic carbocycles. The van der Waals surface area contributed by atoms with Gasteiger partial charge in [-0.15, -0.1) is 12.4 Å². The van der Waals surface area contributed by atoms with Crippen molar-refractivity contribution in [3.05, 3.63) is 24.4 Å². The Morgan fingerprint density at radius 3 is 2.64 bits per heavy atom. The first-order valence-electron chi connectivity index (χ1n) is 10.2. The zero-order valence-electron chi connectivity index (χ0n) is 16.7. The van der Waals surface area contributed by atoms with E-state index in [2.05, 4.69) is 16.9 Å². The number of piperidine rings is 1. The monoisotopic (exact) mass is 429 g/mol. The zero-order valence-corrected chi connectivity index (χ0v) is 18.3. The molecular weight excluding hydrogens is 398 g/mol. The van der Waals surface area contributed by atoms with Crippen molar-refractivity contribution in [1.82, 2.24) is 14.1 Å². The predicted molar refractivity (Wildman–Crippen MR) is 116 cm³/mol. The van der Waals surface area contributed by atoms with E-state index in [1.54, 1.807) is 12.3 Å². The van der Waals surface area contributed by atoms with Crippen LogP contribution in [-0.4, -0.2) is 54.5 Å². The van der Waals surface area contributed by atoms with Crippen LogP contribution in [0.4, 0.5) is 0 Å². The number of halogens is 1. The summed E-state index contributed by atoms with van der Waals surface area (Å²) >= 11 is 0. The van der Waals surface area contributed by atoms with Gasteiger partial charge in [-0.3, -0.25) is 4.90 Å². The van der Waals surface area contributed by atoms with E-state index in [4.69, 9.17) is 4.74 Å². The van der Waals surface area contributed by atoms with Crippen molar-refractivity contribution in [2.75, 3.05) is 32.0 Å². The van der Waals surface area contributed by atoms with Gasteiger partial charge in [-0.05, 0) is 44.5 Å². The molecule has 0 unspecified atom stereocenters. The number of unbranched alkanes of at least 4 members (excludes halogenated alkanes) is 3. The van der Waals surface area contributed by atoms with Crippen molar-refractivity contribution in [3.8, 4) is 5.75 Å². The topological polar surface area (TPSA) is 64.4 Å². The Morgan fingerprint density at radius 1 is 1.11 bits per heavy atom. The summed E-state index contributed by atoms with van der Waals surface area (Å²) in [7, 11) is -3.44. The van der Waals surface area contributed by atoms with Gasteiger partial charge in [-0.1, -0.05) is 38.7 Å². The lowest BCUT2D eigenvalue weighted by Crippen LogP contribution is -2.33. The van der Waals surface area contributed by atoms with E-state index in [0.717, 1.165) is 44.3 Å². The molecule has 0 saturated carbocycles. The summed E-state index contributed by atoms with van der Waals surface area (Å²) < 4.78 is 32.5. The van der Waals surface area contributed by atoms with Crippen LogP contribution in [0.1, 0.15) is 51.9 Å². The van der Waals surface area contributed by atoms with E-state index in [1.807, 2.05) is 12.1 Å². The van der Waals surface area contributed by atoms with Crippen molar-refractivity contribution in [2.45, 2.75) is 51.9 Å². The summed E-state index contributed by atoms with van der Waals surface area (Å²) in [6.45, 7) is 5.90. The molecule has 8 heteroatoms. The van der Waals surface area contributed by atoms with E-state index in [0.29, 0.717) is 24.3 Å². The van der Waals surface area contributed by atoms with Crippen LogP contribution in [0.3, 0.4) is 0 Å². The second kappa shape index (κ2) is 11.0. The minimum Gasteiger partial charge on any atom is -0.491 e. The number of likely N-dealkylation sites (tertiary alicyclic amines) is 1. The Labute approximate surface area is 174 Å². The molecule has 0 atom stereocenters. The summed E-state index contributed by atoms with van der Waals surface area (Å²) in [4.78, 5) is 2.42. The average molecular weight is 430 g/mol. The van der Waals surface area contributed by atoms with Crippen molar-refractivity contribution < 1.29 is 13.2 Å². The molecule has 0 amide bonds.